The molecule has 0 atom stereocenters. The van der Waals surface area contributed by atoms with Gasteiger partial charge in [0.15, 0.2) is 11.5 Å². The lowest BCUT2D eigenvalue weighted by molar-refractivity contribution is 0.103. The number of carbonyl (C=O) groups excluding carboxylic acids is 1. The van der Waals surface area contributed by atoms with Crippen LogP contribution in [0.25, 0.3) is 0 Å². The summed E-state index contributed by atoms with van der Waals surface area (Å²) in [5.41, 5.74) is -0.695. The van der Waals surface area contributed by atoms with Crippen LogP contribution in [0, 0.1) is 24.2 Å². The minimum absolute atomic E-state index is 0.00750. The van der Waals surface area contributed by atoms with Crippen molar-refractivity contribution in [3.8, 4) is 17.7 Å². The predicted octanol–water partition coefficient (Wildman–Crippen LogP) is 6.28. The van der Waals surface area contributed by atoms with Crippen molar-refractivity contribution >= 4 is 29.0 Å². The summed E-state index contributed by atoms with van der Waals surface area (Å²) in [6, 6.07) is 4.70. The van der Waals surface area contributed by atoms with E-state index < -0.39 is 17.2 Å². The molecule has 0 saturated heterocycles. The van der Waals surface area contributed by atoms with Crippen LogP contribution in [0.15, 0.2) is 16.9 Å². The molecule has 6 nitrogen and oxygen atoms in total. The molecular formula is C25H30Cl2N2O4. The molecule has 1 aromatic carbocycles. The third-order valence-corrected chi connectivity index (χ3v) is 5.89. The molecule has 33 heavy (non-hydrogen) atoms. The number of aromatic hydroxyl groups is 1. The van der Waals surface area contributed by atoms with E-state index in [4.69, 9.17) is 27.9 Å². The van der Waals surface area contributed by atoms with E-state index >= 15 is 0 Å². The highest BCUT2D eigenvalue weighted by Gasteiger charge is 2.26. The van der Waals surface area contributed by atoms with Crippen molar-refractivity contribution in [2.24, 2.45) is 5.92 Å². The van der Waals surface area contributed by atoms with Gasteiger partial charge in [-0.2, -0.15) is 5.26 Å². The molecule has 0 aliphatic heterocycles. The van der Waals surface area contributed by atoms with Gasteiger partial charge in [-0.25, -0.2) is 0 Å². The summed E-state index contributed by atoms with van der Waals surface area (Å²) in [6.45, 7) is 7.96. The molecule has 1 heterocycles. The lowest BCUT2D eigenvalue weighted by Crippen LogP contribution is -2.28. The minimum atomic E-state index is -0.628. The van der Waals surface area contributed by atoms with Gasteiger partial charge in [0, 0.05) is 12.1 Å². The van der Waals surface area contributed by atoms with Crippen LogP contribution in [-0.4, -0.2) is 22.1 Å². The number of aromatic nitrogens is 1. The largest absolute Gasteiger partial charge is 0.494 e. The van der Waals surface area contributed by atoms with E-state index in [1.54, 1.807) is 0 Å². The van der Waals surface area contributed by atoms with Gasteiger partial charge in [-0.1, -0.05) is 69.7 Å². The van der Waals surface area contributed by atoms with E-state index in [1.807, 2.05) is 19.9 Å². The zero-order valence-electron chi connectivity index (χ0n) is 19.5. The number of hydrogen-bond acceptors (Lipinski definition) is 5. The Bertz CT molecular complexity index is 1090. The quantitative estimate of drug-likeness (QED) is 0.294. The topological polar surface area (TPSA) is 92.3 Å². The van der Waals surface area contributed by atoms with Crippen LogP contribution in [0.2, 0.25) is 10.0 Å². The number of carbonyl (C=O) groups is 1. The average Bonchev–Trinajstić information content (AvgIpc) is 2.75. The Labute approximate surface area is 204 Å². The molecule has 0 amide bonds. The van der Waals surface area contributed by atoms with Crippen LogP contribution in [0.3, 0.4) is 0 Å². The molecule has 0 spiro atoms. The molecule has 0 aliphatic carbocycles. The van der Waals surface area contributed by atoms with Crippen molar-refractivity contribution in [3.05, 3.63) is 54.8 Å². The Balaban J connectivity index is 2.40. The Morgan fingerprint density at radius 3 is 2.33 bits per heavy atom. The highest BCUT2D eigenvalue weighted by atomic mass is 35.5. The van der Waals surface area contributed by atoms with E-state index in [0.717, 1.165) is 30.3 Å². The van der Waals surface area contributed by atoms with E-state index in [2.05, 4.69) is 6.92 Å². The first kappa shape index (κ1) is 26.8. The summed E-state index contributed by atoms with van der Waals surface area (Å²) in [5.74, 6) is -0.759. The van der Waals surface area contributed by atoms with E-state index in [-0.39, 0.29) is 44.8 Å². The predicted molar refractivity (Wildman–Crippen MR) is 131 cm³/mol. The number of halogens is 2. The number of rotatable bonds is 11. The van der Waals surface area contributed by atoms with Crippen LogP contribution < -0.4 is 10.3 Å². The van der Waals surface area contributed by atoms with Gasteiger partial charge in [0.05, 0.1) is 22.2 Å². The van der Waals surface area contributed by atoms with Gasteiger partial charge in [-0.3, -0.25) is 14.2 Å². The summed E-state index contributed by atoms with van der Waals surface area (Å²) in [6.07, 6.45) is 5.40. The van der Waals surface area contributed by atoms with Crippen LogP contribution in [0.1, 0.15) is 79.9 Å². The Morgan fingerprint density at radius 2 is 1.79 bits per heavy atom. The first-order valence-corrected chi connectivity index (χ1v) is 11.9. The fourth-order valence-corrected chi connectivity index (χ4v) is 4.21. The molecule has 1 aromatic heterocycles. The number of pyridine rings is 1. The van der Waals surface area contributed by atoms with E-state index in [1.165, 1.54) is 25.5 Å². The summed E-state index contributed by atoms with van der Waals surface area (Å²) in [5, 5.41) is 20.6. The Morgan fingerprint density at radius 1 is 1.18 bits per heavy atom. The standard InChI is InChI=1S/C25H30Cl2N2O4/c1-5-6-7-8-9-10-33-23-19(26)11-17(12-20(23)27)22(30)21-16(4)18(13-28)24(31)29(25(21)32)14-15(2)3/h11-12,15,32H,5-10,14H2,1-4H3. The normalized spacial score (nSPS) is 11.0. The fourth-order valence-electron chi connectivity index (χ4n) is 3.61. The lowest BCUT2D eigenvalue weighted by atomic mass is 9.97. The van der Waals surface area contributed by atoms with Gasteiger partial charge in [-0.05, 0) is 37.0 Å². The Hall–Kier alpha value is -2.49. The van der Waals surface area contributed by atoms with Gasteiger partial charge in [0.1, 0.15) is 11.6 Å². The molecule has 0 unspecified atom stereocenters. The summed E-state index contributed by atoms with van der Waals surface area (Å²) in [7, 11) is 0. The molecule has 2 aromatic rings. The molecule has 0 saturated carbocycles. The van der Waals surface area contributed by atoms with Crippen LogP contribution >= 0.6 is 23.2 Å². The van der Waals surface area contributed by atoms with E-state index in [0.29, 0.717) is 12.4 Å². The van der Waals surface area contributed by atoms with Crippen molar-refractivity contribution in [3.63, 3.8) is 0 Å². The zero-order valence-corrected chi connectivity index (χ0v) is 21.0. The van der Waals surface area contributed by atoms with Crippen molar-refractivity contribution in [1.29, 1.82) is 5.26 Å². The van der Waals surface area contributed by atoms with Gasteiger partial charge < -0.3 is 9.84 Å². The number of ether oxygens (including phenoxy) is 1. The smallest absolute Gasteiger partial charge is 0.271 e. The maximum absolute atomic E-state index is 13.3. The summed E-state index contributed by atoms with van der Waals surface area (Å²) in [4.78, 5) is 26.0. The van der Waals surface area contributed by atoms with Crippen LogP contribution in [-0.2, 0) is 6.54 Å². The first-order valence-electron chi connectivity index (χ1n) is 11.2. The Kier molecular flexibility index (Phi) is 9.82. The highest BCUT2D eigenvalue weighted by molar-refractivity contribution is 6.38. The number of nitriles is 1. The third kappa shape index (κ3) is 6.31. The summed E-state index contributed by atoms with van der Waals surface area (Å²) >= 11 is 12.7. The van der Waals surface area contributed by atoms with Gasteiger partial charge in [-0.15, -0.1) is 0 Å². The number of unbranched alkanes of at least 4 members (excludes halogenated alkanes) is 4. The van der Waals surface area contributed by atoms with Crippen molar-refractivity contribution in [1.82, 2.24) is 4.57 Å². The number of ketones is 1. The summed E-state index contributed by atoms with van der Waals surface area (Å²) < 4.78 is 6.80. The number of benzene rings is 1. The monoisotopic (exact) mass is 492 g/mol. The van der Waals surface area contributed by atoms with Gasteiger partial charge in [0.25, 0.3) is 5.56 Å². The fraction of sp³-hybridized carbons (Fsp3) is 0.480. The van der Waals surface area contributed by atoms with Gasteiger partial charge >= 0.3 is 0 Å². The SMILES string of the molecule is CCCCCCCOc1c(Cl)cc(C(=O)c2c(C)c(C#N)c(=O)n(CC(C)C)c2O)cc1Cl. The van der Waals surface area contributed by atoms with Crippen molar-refractivity contribution in [2.75, 3.05) is 6.61 Å². The minimum Gasteiger partial charge on any atom is -0.494 e. The molecule has 1 N–H and O–H groups in total. The van der Waals surface area contributed by atoms with Crippen LogP contribution in [0.5, 0.6) is 11.6 Å². The number of hydrogen-bond donors (Lipinski definition) is 1. The zero-order chi connectivity index (χ0) is 24.7. The second kappa shape index (κ2) is 12.1. The molecule has 0 aliphatic rings. The second-order valence-electron chi connectivity index (χ2n) is 8.48. The maximum Gasteiger partial charge on any atom is 0.271 e. The molecular weight excluding hydrogens is 463 g/mol. The first-order chi connectivity index (χ1) is 15.6. The van der Waals surface area contributed by atoms with Crippen LogP contribution in [0.4, 0.5) is 0 Å². The maximum atomic E-state index is 13.3. The van der Waals surface area contributed by atoms with Crippen molar-refractivity contribution < 1.29 is 14.6 Å². The molecule has 2 rings (SSSR count). The third-order valence-electron chi connectivity index (χ3n) is 5.33. The molecule has 8 heteroatoms. The highest BCUT2D eigenvalue weighted by Crippen LogP contribution is 2.36. The lowest BCUT2D eigenvalue weighted by Gasteiger charge is -2.17. The van der Waals surface area contributed by atoms with Gasteiger partial charge in [0.2, 0.25) is 5.88 Å². The number of nitrogens with zero attached hydrogens (tertiary/aromatic N) is 2. The average molecular weight is 493 g/mol. The molecule has 0 fully saturated rings. The molecule has 0 radical (unpaired) electrons. The van der Waals surface area contributed by atoms with Crippen molar-refractivity contribution in [2.45, 2.75) is 66.3 Å². The molecule has 0 bridgehead atoms. The second-order valence-corrected chi connectivity index (χ2v) is 9.30. The molecule has 178 valence electrons. The van der Waals surface area contributed by atoms with E-state index in [9.17, 15) is 20.0 Å².